The number of hydrogen-bond donors (Lipinski definition) is 1. The molecule has 0 bridgehead atoms. The Bertz CT molecular complexity index is 593. The van der Waals surface area contributed by atoms with Gasteiger partial charge in [0.05, 0.1) is 0 Å². The van der Waals surface area contributed by atoms with Gasteiger partial charge in [0, 0.05) is 30.7 Å². The van der Waals surface area contributed by atoms with E-state index in [9.17, 15) is 4.79 Å². The molecular weight excluding hydrogens is 260 g/mol. The summed E-state index contributed by atoms with van der Waals surface area (Å²) in [5.41, 5.74) is 3.33. The van der Waals surface area contributed by atoms with Gasteiger partial charge in [0.2, 0.25) is 5.91 Å². The fourth-order valence-corrected chi connectivity index (χ4v) is 2.21. The summed E-state index contributed by atoms with van der Waals surface area (Å²) in [4.78, 5) is 11.9. The first-order valence-electron chi connectivity index (χ1n) is 7.46. The van der Waals surface area contributed by atoms with Crippen LogP contribution < -0.4 is 9.88 Å². The molecule has 1 aromatic heterocycles. The smallest absolute Gasteiger partial charge is 0.224 e. The number of carbonyl (C=O) groups excluding carboxylic acids is 1. The van der Waals surface area contributed by atoms with Gasteiger partial charge in [-0.3, -0.25) is 4.79 Å². The molecule has 2 rings (SSSR count). The predicted octanol–water partition coefficient (Wildman–Crippen LogP) is 3.40. The average molecular weight is 283 g/mol. The number of rotatable bonds is 6. The van der Waals surface area contributed by atoms with Crippen LogP contribution in [0.5, 0.6) is 0 Å². The van der Waals surface area contributed by atoms with Crippen molar-refractivity contribution >= 4 is 11.6 Å². The Kier molecular flexibility index (Phi) is 5.50. The first-order chi connectivity index (χ1) is 10.1. The minimum Gasteiger partial charge on any atom is -0.326 e. The van der Waals surface area contributed by atoms with Gasteiger partial charge in [-0.25, -0.2) is 4.57 Å². The maximum absolute atomic E-state index is 11.9. The second-order valence-electron chi connectivity index (χ2n) is 5.42. The van der Waals surface area contributed by atoms with E-state index in [0.29, 0.717) is 6.42 Å². The van der Waals surface area contributed by atoms with Crippen LogP contribution in [0.2, 0.25) is 0 Å². The van der Waals surface area contributed by atoms with E-state index in [-0.39, 0.29) is 5.91 Å². The van der Waals surface area contributed by atoms with E-state index in [1.54, 1.807) is 0 Å². The topological polar surface area (TPSA) is 33.0 Å². The molecule has 0 saturated carbocycles. The van der Waals surface area contributed by atoms with Crippen LogP contribution in [0.1, 0.15) is 30.4 Å². The molecule has 0 aliphatic rings. The van der Waals surface area contributed by atoms with Gasteiger partial charge in [-0.05, 0) is 43.5 Å². The second-order valence-corrected chi connectivity index (χ2v) is 5.42. The van der Waals surface area contributed by atoms with Crippen molar-refractivity contribution in [1.82, 2.24) is 0 Å². The Hall–Kier alpha value is -2.16. The lowest BCUT2D eigenvalue weighted by Crippen LogP contribution is -2.32. The van der Waals surface area contributed by atoms with Crippen molar-refractivity contribution < 1.29 is 9.36 Å². The molecule has 0 aliphatic heterocycles. The molecular formula is C18H23N2O+. The van der Waals surface area contributed by atoms with Gasteiger partial charge < -0.3 is 5.32 Å². The maximum Gasteiger partial charge on any atom is 0.224 e. The van der Waals surface area contributed by atoms with Crippen molar-refractivity contribution in [2.75, 3.05) is 5.32 Å². The Morgan fingerprint density at radius 1 is 1.05 bits per heavy atom. The third kappa shape index (κ3) is 5.03. The molecule has 0 atom stereocenters. The minimum atomic E-state index is 0.0938. The van der Waals surface area contributed by atoms with Gasteiger partial charge in [0.25, 0.3) is 0 Å². The van der Waals surface area contributed by atoms with Crippen LogP contribution in [0.25, 0.3) is 0 Å². The molecule has 0 fully saturated rings. The molecule has 0 unspecified atom stereocenters. The van der Waals surface area contributed by atoms with Crippen LogP contribution in [0.3, 0.4) is 0 Å². The van der Waals surface area contributed by atoms with Crippen LogP contribution >= 0.6 is 0 Å². The first-order valence-corrected chi connectivity index (χ1v) is 7.46. The van der Waals surface area contributed by atoms with Crippen molar-refractivity contribution in [3.8, 4) is 0 Å². The summed E-state index contributed by atoms with van der Waals surface area (Å²) in [7, 11) is 0. The molecule has 2 aromatic rings. The van der Waals surface area contributed by atoms with Gasteiger partial charge in [0.15, 0.2) is 12.4 Å². The number of anilines is 1. The number of benzene rings is 1. The van der Waals surface area contributed by atoms with Crippen molar-refractivity contribution in [1.29, 1.82) is 0 Å². The van der Waals surface area contributed by atoms with E-state index >= 15 is 0 Å². The fourth-order valence-electron chi connectivity index (χ4n) is 2.21. The number of aromatic nitrogens is 1. The number of unbranched alkanes of at least 4 members (excludes halogenated alkanes) is 1. The zero-order chi connectivity index (χ0) is 15.1. The predicted molar refractivity (Wildman–Crippen MR) is 85.0 cm³/mol. The molecule has 3 nitrogen and oxygen atoms in total. The van der Waals surface area contributed by atoms with Crippen molar-refractivity contribution in [2.24, 2.45) is 0 Å². The van der Waals surface area contributed by atoms with Crippen LogP contribution in [0.15, 0.2) is 48.8 Å². The Morgan fingerprint density at radius 2 is 1.81 bits per heavy atom. The molecule has 0 saturated heterocycles. The first kappa shape index (κ1) is 15.2. The van der Waals surface area contributed by atoms with E-state index in [1.165, 1.54) is 11.1 Å². The number of carbonyl (C=O) groups is 1. The van der Waals surface area contributed by atoms with Gasteiger partial charge in [0.1, 0.15) is 6.54 Å². The molecule has 1 N–H and O–H groups in total. The highest BCUT2D eigenvalue weighted by Gasteiger charge is 2.05. The highest BCUT2D eigenvalue weighted by molar-refractivity contribution is 5.90. The standard InChI is InChI=1S/C18H22N2O/c1-15-9-10-17(14-16(15)2)19-18(21)8-4-7-13-20-11-5-3-6-12-20/h3,5-6,9-12,14H,4,7-8,13H2,1-2H3/p+1. The lowest BCUT2D eigenvalue weighted by atomic mass is 10.1. The summed E-state index contributed by atoms with van der Waals surface area (Å²) in [5, 5.41) is 2.96. The Morgan fingerprint density at radius 3 is 2.52 bits per heavy atom. The maximum atomic E-state index is 11.9. The fraction of sp³-hybridized carbons (Fsp3) is 0.333. The SMILES string of the molecule is Cc1ccc(NC(=O)CCCC[n+]2ccccc2)cc1C. The summed E-state index contributed by atoms with van der Waals surface area (Å²) in [6.45, 7) is 5.09. The zero-order valence-electron chi connectivity index (χ0n) is 12.8. The molecule has 3 heteroatoms. The summed E-state index contributed by atoms with van der Waals surface area (Å²) < 4.78 is 2.14. The summed E-state index contributed by atoms with van der Waals surface area (Å²) in [6.07, 6.45) is 6.58. The van der Waals surface area contributed by atoms with Crippen LogP contribution in [0.4, 0.5) is 5.69 Å². The Labute approximate surface area is 126 Å². The normalized spacial score (nSPS) is 10.4. The molecule has 110 valence electrons. The number of hydrogen-bond acceptors (Lipinski definition) is 1. The summed E-state index contributed by atoms with van der Waals surface area (Å²) >= 11 is 0. The number of nitrogens with zero attached hydrogens (tertiary/aromatic N) is 1. The van der Waals surface area contributed by atoms with Gasteiger partial charge >= 0.3 is 0 Å². The molecule has 0 radical (unpaired) electrons. The van der Waals surface area contributed by atoms with E-state index in [1.807, 2.05) is 36.4 Å². The number of amides is 1. The summed E-state index contributed by atoms with van der Waals surface area (Å²) in [5.74, 6) is 0.0938. The molecule has 1 amide bonds. The lowest BCUT2D eigenvalue weighted by Gasteiger charge is -2.07. The third-order valence-electron chi connectivity index (χ3n) is 3.64. The van der Waals surface area contributed by atoms with Crippen LogP contribution in [0, 0.1) is 13.8 Å². The molecule has 1 aromatic carbocycles. The summed E-state index contributed by atoms with van der Waals surface area (Å²) in [6, 6.07) is 12.1. The highest BCUT2D eigenvalue weighted by Crippen LogP contribution is 2.14. The van der Waals surface area contributed by atoms with Crippen molar-refractivity contribution in [3.63, 3.8) is 0 Å². The second kappa shape index (κ2) is 7.58. The van der Waals surface area contributed by atoms with Gasteiger partial charge in [-0.2, -0.15) is 0 Å². The molecule has 21 heavy (non-hydrogen) atoms. The molecule has 1 heterocycles. The van der Waals surface area contributed by atoms with E-state index in [4.69, 9.17) is 0 Å². The monoisotopic (exact) mass is 283 g/mol. The van der Waals surface area contributed by atoms with E-state index in [2.05, 4.69) is 36.1 Å². The van der Waals surface area contributed by atoms with Crippen LogP contribution in [-0.2, 0) is 11.3 Å². The lowest BCUT2D eigenvalue weighted by molar-refractivity contribution is -0.697. The minimum absolute atomic E-state index is 0.0938. The van der Waals surface area contributed by atoms with E-state index in [0.717, 1.165) is 25.1 Å². The zero-order valence-corrected chi connectivity index (χ0v) is 12.8. The number of pyridine rings is 1. The quantitative estimate of drug-likeness (QED) is 0.639. The third-order valence-corrected chi connectivity index (χ3v) is 3.64. The molecule has 0 aliphatic carbocycles. The van der Waals surface area contributed by atoms with Crippen LogP contribution in [-0.4, -0.2) is 5.91 Å². The average Bonchev–Trinajstić information content (AvgIpc) is 2.49. The van der Waals surface area contributed by atoms with E-state index < -0.39 is 0 Å². The largest absolute Gasteiger partial charge is 0.326 e. The van der Waals surface area contributed by atoms with Gasteiger partial charge in [-0.1, -0.05) is 12.1 Å². The highest BCUT2D eigenvalue weighted by atomic mass is 16.1. The molecule has 0 spiro atoms. The van der Waals surface area contributed by atoms with Crippen molar-refractivity contribution in [2.45, 2.75) is 39.7 Å². The Balaban J connectivity index is 1.71. The number of nitrogens with one attached hydrogen (secondary N) is 1. The number of aryl methyl sites for hydroxylation is 3. The van der Waals surface area contributed by atoms with Gasteiger partial charge in [-0.15, -0.1) is 0 Å². The van der Waals surface area contributed by atoms with Crippen molar-refractivity contribution in [3.05, 3.63) is 59.9 Å².